The predicted molar refractivity (Wildman–Crippen MR) is 63.2 cm³/mol. The predicted octanol–water partition coefficient (Wildman–Crippen LogP) is 2.67. The summed E-state index contributed by atoms with van der Waals surface area (Å²) in [5.74, 6) is 0.208. The minimum atomic E-state index is -0.686. The number of aliphatic hydroxyl groups excluding tert-OH is 1. The van der Waals surface area contributed by atoms with Crippen LogP contribution < -0.4 is 0 Å². The summed E-state index contributed by atoms with van der Waals surface area (Å²) in [7, 11) is 0. The van der Waals surface area contributed by atoms with Crippen LogP contribution in [-0.2, 0) is 4.79 Å². The van der Waals surface area contributed by atoms with Gasteiger partial charge >= 0.3 is 5.97 Å². The minimum Gasteiger partial charge on any atom is -0.481 e. The summed E-state index contributed by atoms with van der Waals surface area (Å²) in [6.45, 7) is 3.94. The Morgan fingerprint density at radius 3 is 2.31 bits per heavy atom. The Labute approximate surface area is 97.9 Å². The van der Waals surface area contributed by atoms with E-state index in [1.54, 1.807) is 6.92 Å². The monoisotopic (exact) mass is 228 g/mol. The molecule has 0 saturated heterocycles. The Morgan fingerprint density at radius 2 is 1.88 bits per heavy atom. The van der Waals surface area contributed by atoms with Gasteiger partial charge in [-0.1, -0.05) is 20.3 Å². The highest BCUT2D eigenvalue weighted by atomic mass is 16.4. The highest BCUT2D eigenvalue weighted by molar-refractivity contribution is 5.69. The zero-order chi connectivity index (χ0) is 12.1. The molecule has 0 heterocycles. The molecule has 1 aliphatic carbocycles. The van der Waals surface area contributed by atoms with Crippen LogP contribution in [0.3, 0.4) is 0 Å². The van der Waals surface area contributed by atoms with Gasteiger partial charge in [0.15, 0.2) is 0 Å². The quantitative estimate of drug-likeness (QED) is 0.760. The first kappa shape index (κ1) is 13.5. The molecular formula is C13H24O3. The summed E-state index contributed by atoms with van der Waals surface area (Å²) in [4.78, 5) is 10.8. The van der Waals surface area contributed by atoms with Crippen molar-refractivity contribution in [2.45, 2.75) is 58.5 Å². The van der Waals surface area contributed by atoms with Gasteiger partial charge in [-0.3, -0.25) is 4.79 Å². The van der Waals surface area contributed by atoms with E-state index in [0.29, 0.717) is 11.8 Å². The van der Waals surface area contributed by atoms with Crippen LogP contribution in [-0.4, -0.2) is 22.3 Å². The average molecular weight is 228 g/mol. The van der Waals surface area contributed by atoms with Gasteiger partial charge in [0.05, 0.1) is 12.0 Å². The summed E-state index contributed by atoms with van der Waals surface area (Å²) < 4.78 is 0. The number of hydrogen-bond acceptors (Lipinski definition) is 2. The van der Waals surface area contributed by atoms with Crippen molar-refractivity contribution in [2.75, 3.05) is 0 Å². The molecule has 0 amide bonds. The molecule has 1 rings (SSSR count). The van der Waals surface area contributed by atoms with Gasteiger partial charge < -0.3 is 10.2 Å². The molecule has 2 atom stereocenters. The highest BCUT2D eigenvalue weighted by Crippen LogP contribution is 2.35. The number of aliphatic hydroxyl groups is 1. The van der Waals surface area contributed by atoms with Crippen LogP contribution in [0.4, 0.5) is 0 Å². The fourth-order valence-electron chi connectivity index (χ4n) is 2.82. The minimum absolute atomic E-state index is 0.120. The van der Waals surface area contributed by atoms with Crippen LogP contribution in [0, 0.1) is 17.8 Å². The van der Waals surface area contributed by atoms with Gasteiger partial charge in [0.2, 0.25) is 0 Å². The molecule has 16 heavy (non-hydrogen) atoms. The first-order valence-corrected chi connectivity index (χ1v) is 6.45. The molecule has 0 aromatic carbocycles. The standard InChI is InChI=1S/C13H24O3/c1-3-10(8-9(2)13(15)16)11-4-6-12(14)7-5-11/h9-12,14H,3-8H2,1-2H3,(H,15,16). The second-order valence-electron chi connectivity index (χ2n) is 5.21. The Hall–Kier alpha value is -0.570. The highest BCUT2D eigenvalue weighted by Gasteiger charge is 2.28. The number of carboxylic acids is 1. The second kappa shape index (κ2) is 6.24. The normalized spacial score (nSPS) is 29.7. The Kier molecular flexibility index (Phi) is 5.26. The van der Waals surface area contributed by atoms with E-state index in [0.717, 1.165) is 38.5 Å². The van der Waals surface area contributed by atoms with Crippen LogP contribution >= 0.6 is 0 Å². The molecule has 1 fully saturated rings. The topological polar surface area (TPSA) is 57.5 Å². The Bertz CT molecular complexity index is 219. The maximum Gasteiger partial charge on any atom is 0.306 e. The van der Waals surface area contributed by atoms with E-state index in [1.807, 2.05) is 0 Å². The van der Waals surface area contributed by atoms with E-state index in [-0.39, 0.29) is 12.0 Å². The van der Waals surface area contributed by atoms with Crippen molar-refractivity contribution in [1.29, 1.82) is 0 Å². The number of hydrogen-bond donors (Lipinski definition) is 2. The lowest BCUT2D eigenvalue weighted by atomic mass is 9.74. The summed E-state index contributed by atoms with van der Waals surface area (Å²) in [5.41, 5.74) is 0. The van der Waals surface area contributed by atoms with E-state index in [2.05, 4.69) is 6.92 Å². The Balaban J connectivity index is 2.44. The largest absolute Gasteiger partial charge is 0.481 e. The van der Waals surface area contributed by atoms with Crippen LogP contribution in [0.5, 0.6) is 0 Å². The first-order chi connectivity index (χ1) is 7.54. The summed E-state index contributed by atoms with van der Waals surface area (Å²) in [6, 6.07) is 0. The van der Waals surface area contributed by atoms with Crippen molar-refractivity contribution < 1.29 is 15.0 Å². The lowest BCUT2D eigenvalue weighted by Gasteiger charge is -2.32. The lowest BCUT2D eigenvalue weighted by molar-refractivity contribution is -0.141. The molecule has 2 N–H and O–H groups in total. The third kappa shape index (κ3) is 3.78. The summed E-state index contributed by atoms with van der Waals surface area (Å²) >= 11 is 0. The SMILES string of the molecule is CCC(CC(C)C(=O)O)C1CCC(O)CC1. The summed E-state index contributed by atoms with van der Waals surface area (Å²) in [5, 5.41) is 18.4. The third-order valence-corrected chi connectivity index (χ3v) is 4.01. The maximum absolute atomic E-state index is 10.8. The van der Waals surface area contributed by atoms with Gasteiger partial charge in [-0.15, -0.1) is 0 Å². The van der Waals surface area contributed by atoms with E-state index in [9.17, 15) is 9.90 Å². The van der Waals surface area contributed by atoms with Gasteiger partial charge in [-0.05, 0) is 43.9 Å². The van der Waals surface area contributed by atoms with Gasteiger partial charge in [0, 0.05) is 0 Å². The van der Waals surface area contributed by atoms with Crippen LogP contribution in [0.2, 0.25) is 0 Å². The Morgan fingerprint density at radius 1 is 1.31 bits per heavy atom. The van der Waals surface area contributed by atoms with Gasteiger partial charge in [-0.2, -0.15) is 0 Å². The molecule has 3 nitrogen and oxygen atoms in total. The van der Waals surface area contributed by atoms with Crippen molar-refractivity contribution in [2.24, 2.45) is 17.8 Å². The third-order valence-electron chi connectivity index (χ3n) is 4.01. The van der Waals surface area contributed by atoms with Crippen molar-refractivity contribution >= 4 is 5.97 Å². The van der Waals surface area contributed by atoms with Gasteiger partial charge in [-0.25, -0.2) is 0 Å². The number of aliphatic carboxylic acids is 1. The van der Waals surface area contributed by atoms with Gasteiger partial charge in [0.1, 0.15) is 0 Å². The molecule has 0 aromatic rings. The van der Waals surface area contributed by atoms with Crippen molar-refractivity contribution in [1.82, 2.24) is 0 Å². The van der Waals surface area contributed by atoms with Crippen molar-refractivity contribution in [3.05, 3.63) is 0 Å². The molecule has 1 saturated carbocycles. The van der Waals surface area contributed by atoms with E-state index in [4.69, 9.17) is 5.11 Å². The number of carbonyl (C=O) groups is 1. The van der Waals surface area contributed by atoms with E-state index < -0.39 is 5.97 Å². The zero-order valence-electron chi connectivity index (χ0n) is 10.4. The summed E-state index contributed by atoms with van der Waals surface area (Å²) in [6.07, 6.45) is 5.62. The fourth-order valence-corrected chi connectivity index (χ4v) is 2.82. The molecule has 0 spiro atoms. The molecule has 2 unspecified atom stereocenters. The van der Waals surface area contributed by atoms with Gasteiger partial charge in [0.25, 0.3) is 0 Å². The molecular weight excluding hydrogens is 204 g/mol. The number of rotatable bonds is 5. The smallest absolute Gasteiger partial charge is 0.306 e. The first-order valence-electron chi connectivity index (χ1n) is 6.45. The maximum atomic E-state index is 10.8. The molecule has 0 bridgehead atoms. The molecule has 0 radical (unpaired) electrons. The lowest BCUT2D eigenvalue weighted by Crippen LogP contribution is -2.26. The number of carboxylic acid groups (broad SMARTS) is 1. The molecule has 94 valence electrons. The molecule has 0 aliphatic heterocycles. The van der Waals surface area contributed by atoms with E-state index >= 15 is 0 Å². The van der Waals surface area contributed by atoms with Crippen LogP contribution in [0.25, 0.3) is 0 Å². The van der Waals surface area contributed by atoms with Crippen LogP contribution in [0.15, 0.2) is 0 Å². The molecule has 1 aliphatic rings. The van der Waals surface area contributed by atoms with Crippen LogP contribution in [0.1, 0.15) is 52.4 Å². The fraction of sp³-hybridized carbons (Fsp3) is 0.923. The van der Waals surface area contributed by atoms with Crippen molar-refractivity contribution in [3.8, 4) is 0 Å². The molecule has 0 aromatic heterocycles. The van der Waals surface area contributed by atoms with Crippen molar-refractivity contribution in [3.63, 3.8) is 0 Å². The van der Waals surface area contributed by atoms with E-state index in [1.165, 1.54) is 0 Å². The molecule has 3 heteroatoms. The zero-order valence-corrected chi connectivity index (χ0v) is 10.4. The average Bonchev–Trinajstić information content (AvgIpc) is 2.26. The second-order valence-corrected chi connectivity index (χ2v) is 5.21.